The van der Waals surface area contributed by atoms with E-state index in [1.165, 1.54) is 0 Å². The molecule has 0 aromatic rings. The van der Waals surface area contributed by atoms with Crippen molar-refractivity contribution in [1.82, 2.24) is 0 Å². The lowest BCUT2D eigenvalue weighted by atomic mass is 10.9. The van der Waals surface area contributed by atoms with Crippen molar-refractivity contribution in [3.63, 3.8) is 0 Å². The molecule has 0 spiro atoms. The SMILES string of the molecule is CCO[Si](CCCl)(OCC)OCC. The predicted molar refractivity (Wildman–Crippen MR) is 56.2 cm³/mol. The van der Waals surface area contributed by atoms with Crippen molar-refractivity contribution in [3.05, 3.63) is 0 Å². The van der Waals surface area contributed by atoms with Crippen LogP contribution < -0.4 is 0 Å². The van der Waals surface area contributed by atoms with Crippen LogP contribution in [0, 0.1) is 0 Å². The molecule has 0 saturated heterocycles. The van der Waals surface area contributed by atoms with E-state index in [0.29, 0.717) is 31.7 Å². The molecule has 0 rings (SSSR count). The van der Waals surface area contributed by atoms with Gasteiger partial charge < -0.3 is 13.3 Å². The molecule has 0 atom stereocenters. The maximum Gasteiger partial charge on any atom is 0.502 e. The second-order valence-corrected chi connectivity index (χ2v) is 5.53. The molecule has 0 aromatic carbocycles. The fourth-order valence-electron chi connectivity index (χ4n) is 1.12. The zero-order chi connectivity index (χ0) is 10.2. The molecule has 0 radical (unpaired) electrons. The molecule has 0 unspecified atom stereocenters. The van der Waals surface area contributed by atoms with Crippen LogP contribution in [0.5, 0.6) is 0 Å². The van der Waals surface area contributed by atoms with Gasteiger partial charge >= 0.3 is 8.80 Å². The number of alkyl halides is 1. The largest absolute Gasteiger partial charge is 0.502 e. The van der Waals surface area contributed by atoms with Crippen LogP contribution >= 0.6 is 11.6 Å². The van der Waals surface area contributed by atoms with Crippen LogP contribution in [0.25, 0.3) is 0 Å². The topological polar surface area (TPSA) is 27.7 Å². The van der Waals surface area contributed by atoms with Crippen LogP contribution in [0.15, 0.2) is 0 Å². The minimum absolute atomic E-state index is 0.520. The van der Waals surface area contributed by atoms with Crippen molar-refractivity contribution in [2.24, 2.45) is 0 Å². The van der Waals surface area contributed by atoms with Crippen LogP contribution in [0.1, 0.15) is 20.8 Å². The Morgan fingerprint density at radius 1 is 0.923 bits per heavy atom. The second-order valence-electron chi connectivity index (χ2n) is 2.42. The van der Waals surface area contributed by atoms with Gasteiger partial charge in [0.15, 0.2) is 0 Å². The first-order chi connectivity index (χ1) is 6.24. The third-order valence-electron chi connectivity index (χ3n) is 1.49. The van der Waals surface area contributed by atoms with Gasteiger partial charge in [0.1, 0.15) is 0 Å². The molecule has 13 heavy (non-hydrogen) atoms. The van der Waals surface area contributed by atoms with Gasteiger partial charge in [-0.2, -0.15) is 0 Å². The second kappa shape index (κ2) is 7.76. The van der Waals surface area contributed by atoms with E-state index in [-0.39, 0.29) is 0 Å². The summed E-state index contributed by atoms with van der Waals surface area (Å²) >= 11 is 5.69. The monoisotopic (exact) mass is 226 g/mol. The normalized spacial score (nSPS) is 12.0. The van der Waals surface area contributed by atoms with E-state index in [0.717, 1.165) is 0 Å². The summed E-state index contributed by atoms with van der Waals surface area (Å²) in [5.74, 6) is 0.520. The lowest BCUT2D eigenvalue weighted by Crippen LogP contribution is -2.46. The van der Waals surface area contributed by atoms with E-state index < -0.39 is 8.80 Å². The van der Waals surface area contributed by atoms with Gasteiger partial charge in [-0.1, -0.05) is 0 Å². The summed E-state index contributed by atoms with van der Waals surface area (Å²) in [5, 5.41) is 0. The highest BCUT2D eigenvalue weighted by molar-refractivity contribution is 6.61. The zero-order valence-electron chi connectivity index (χ0n) is 8.64. The molecule has 0 N–H and O–H groups in total. The quantitative estimate of drug-likeness (QED) is 0.470. The summed E-state index contributed by atoms with van der Waals surface area (Å²) in [5.41, 5.74) is 0. The Labute approximate surface area is 86.7 Å². The van der Waals surface area contributed by atoms with Crippen molar-refractivity contribution in [2.45, 2.75) is 26.8 Å². The van der Waals surface area contributed by atoms with Gasteiger partial charge in [-0.15, -0.1) is 11.6 Å². The molecule has 80 valence electrons. The average Bonchev–Trinajstić information content (AvgIpc) is 2.06. The van der Waals surface area contributed by atoms with E-state index in [1.807, 2.05) is 20.8 Å². The smallest absolute Gasteiger partial charge is 0.374 e. The van der Waals surface area contributed by atoms with E-state index in [2.05, 4.69) is 0 Å². The summed E-state index contributed by atoms with van der Waals surface area (Å²) in [6.45, 7) is 7.66. The van der Waals surface area contributed by atoms with Crippen molar-refractivity contribution in [2.75, 3.05) is 25.7 Å². The summed E-state index contributed by atoms with van der Waals surface area (Å²) in [6, 6.07) is 0.685. The highest BCUT2D eigenvalue weighted by Crippen LogP contribution is 2.16. The summed E-state index contributed by atoms with van der Waals surface area (Å²) in [4.78, 5) is 0. The van der Waals surface area contributed by atoms with Crippen LogP contribution in [-0.4, -0.2) is 34.5 Å². The number of hydrogen-bond donors (Lipinski definition) is 0. The van der Waals surface area contributed by atoms with Gasteiger partial charge in [0.05, 0.1) is 0 Å². The Morgan fingerprint density at radius 3 is 1.54 bits per heavy atom. The highest BCUT2D eigenvalue weighted by Gasteiger charge is 2.39. The molecule has 0 heterocycles. The van der Waals surface area contributed by atoms with Crippen LogP contribution in [0.4, 0.5) is 0 Å². The Morgan fingerprint density at radius 2 is 1.31 bits per heavy atom. The molecule has 0 aromatic heterocycles. The van der Waals surface area contributed by atoms with Crippen molar-refractivity contribution >= 4 is 20.4 Å². The maximum atomic E-state index is 5.69. The molecule has 0 aliphatic rings. The Bertz CT molecular complexity index is 94.4. The van der Waals surface area contributed by atoms with Crippen molar-refractivity contribution < 1.29 is 13.3 Å². The molecule has 0 saturated carbocycles. The molecule has 3 nitrogen and oxygen atoms in total. The van der Waals surface area contributed by atoms with Crippen molar-refractivity contribution in [3.8, 4) is 0 Å². The molecule has 5 heteroatoms. The van der Waals surface area contributed by atoms with Crippen LogP contribution in [-0.2, 0) is 13.3 Å². The lowest BCUT2D eigenvalue weighted by Gasteiger charge is -2.27. The maximum absolute atomic E-state index is 5.69. The number of rotatable bonds is 8. The molecule has 0 bridgehead atoms. The van der Waals surface area contributed by atoms with E-state index >= 15 is 0 Å². The van der Waals surface area contributed by atoms with Gasteiger partial charge in [-0.25, -0.2) is 0 Å². The molecule has 0 amide bonds. The molecule has 0 fully saturated rings. The Balaban J connectivity index is 4.19. The van der Waals surface area contributed by atoms with E-state index in [9.17, 15) is 0 Å². The Kier molecular flexibility index (Phi) is 7.99. The predicted octanol–water partition coefficient (Wildman–Crippen LogP) is 2.27. The van der Waals surface area contributed by atoms with E-state index in [1.54, 1.807) is 0 Å². The molecule has 0 aliphatic heterocycles. The van der Waals surface area contributed by atoms with Crippen molar-refractivity contribution in [1.29, 1.82) is 0 Å². The first-order valence-corrected chi connectivity index (χ1v) is 7.19. The first kappa shape index (κ1) is 13.4. The zero-order valence-corrected chi connectivity index (χ0v) is 10.4. The molecular formula is C8H19ClO3Si. The third-order valence-corrected chi connectivity index (χ3v) is 5.05. The van der Waals surface area contributed by atoms with Gasteiger partial charge in [-0.3, -0.25) is 0 Å². The van der Waals surface area contributed by atoms with Gasteiger partial charge in [-0.05, 0) is 20.8 Å². The molecule has 0 aliphatic carbocycles. The minimum Gasteiger partial charge on any atom is -0.374 e. The Hall–Kier alpha value is 0.387. The fraction of sp³-hybridized carbons (Fsp3) is 1.00. The summed E-state index contributed by atoms with van der Waals surface area (Å²) in [7, 11) is -2.43. The average molecular weight is 227 g/mol. The van der Waals surface area contributed by atoms with Gasteiger partial charge in [0, 0.05) is 31.7 Å². The number of hydrogen-bond acceptors (Lipinski definition) is 3. The fourth-order valence-corrected chi connectivity index (χ4v) is 4.05. The molecular weight excluding hydrogens is 208 g/mol. The van der Waals surface area contributed by atoms with Gasteiger partial charge in [0.2, 0.25) is 0 Å². The highest BCUT2D eigenvalue weighted by atomic mass is 35.5. The lowest BCUT2D eigenvalue weighted by molar-refractivity contribution is 0.0728. The minimum atomic E-state index is -2.43. The van der Waals surface area contributed by atoms with Crippen LogP contribution in [0.2, 0.25) is 6.04 Å². The summed E-state index contributed by atoms with van der Waals surface area (Å²) < 4.78 is 16.7. The van der Waals surface area contributed by atoms with Gasteiger partial charge in [0.25, 0.3) is 0 Å². The summed E-state index contributed by atoms with van der Waals surface area (Å²) in [6.07, 6.45) is 0. The third kappa shape index (κ3) is 4.98. The first-order valence-electron chi connectivity index (χ1n) is 4.72. The van der Waals surface area contributed by atoms with E-state index in [4.69, 9.17) is 24.9 Å². The number of halogens is 1. The standard InChI is InChI=1S/C8H19ClO3Si/c1-4-10-13(8-7-9,11-5-2)12-6-3/h4-8H2,1-3H3. The van der Waals surface area contributed by atoms with Crippen LogP contribution in [0.3, 0.4) is 0 Å².